The predicted molar refractivity (Wildman–Crippen MR) is 87.4 cm³/mol. The minimum absolute atomic E-state index is 0.0104. The van der Waals surface area contributed by atoms with E-state index in [1.807, 2.05) is 40.3 Å². The van der Waals surface area contributed by atoms with Crippen LogP contribution in [-0.2, 0) is 9.53 Å². The van der Waals surface area contributed by atoms with Crippen molar-refractivity contribution in [3.05, 3.63) is 36.0 Å². The molecule has 1 aromatic carbocycles. The maximum absolute atomic E-state index is 13.1. The maximum Gasteiger partial charge on any atom is 0.254 e. The summed E-state index contributed by atoms with van der Waals surface area (Å²) in [5, 5.41) is 1.02. The first-order valence-electron chi connectivity index (χ1n) is 8.52. The van der Waals surface area contributed by atoms with Crippen LogP contribution in [0.5, 0.6) is 0 Å². The topological polar surface area (TPSA) is 65.6 Å². The Labute approximate surface area is 139 Å². The molecule has 3 fully saturated rings. The Morgan fingerprint density at radius 2 is 2.21 bits per heavy atom. The van der Waals surface area contributed by atoms with Gasteiger partial charge in [0.25, 0.3) is 5.91 Å². The van der Waals surface area contributed by atoms with E-state index in [9.17, 15) is 9.59 Å². The summed E-state index contributed by atoms with van der Waals surface area (Å²) in [6.07, 6.45) is 3.82. The molecule has 0 unspecified atom stereocenters. The lowest BCUT2D eigenvalue weighted by Crippen LogP contribution is -2.56. The molecule has 4 heterocycles. The largest absolute Gasteiger partial charge is 0.361 e. The Kier molecular flexibility index (Phi) is 2.83. The van der Waals surface area contributed by atoms with Crippen molar-refractivity contribution in [3.8, 4) is 0 Å². The van der Waals surface area contributed by atoms with Gasteiger partial charge in [-0.3, -0.25) is 9.59 Å². The number of amides is 2. The van der Waals surface area contributed by atoms with Crippen LogP contribution in [0.15, 0.2) is 30.5 Å². The van der Waals surface area contributed by atoms with Crippen LogP contribution in [-0.4, -0.2) is 58.1 Å². The van der Waals surface area contributed by atoms with E-state index in [0.29, 0.717) is 31.6 Å². The quantitative estimate of drug-likeness (QED) is 0.868. The number of carbonyl (C=O) groups is 2. The van der Waals surface area contributed by atoms with E-state index < -0.39 is 5.72 Å². The fourth-order valence-corrected chi connectivity index (χ4v) is 4.54. The SMILES string of the molecule is O=C(c1ccc2[nH]ccc2c1)N1CC[C@@]23OCCCN2C(=O)C[C@@H]13. The number of aromatic amines is 1. The zero-order valence-electron chi connectivity index (χ0n) is 13.3. The molecule has 0 aliphatic carbocycles. The number of benzene rings is 1. The third-order valence-corrected chi connectivity index (χ3v) is 5.67. The first-order chi connectivity index (χ1) is 11.7. The van der Waals surface area contributed by atoms with E-state index in [1.54, 1.807) is 0 Å². The van der Waals surface area contributed by atoms with Crippen LogP contribution in [0, 0.1) is 0 Å². The number of H-pyrrole nitrogens is 1. The lowest BCUT2D eigenvalue weighted by Gasteiger charge is -2.42. The number of hydrogen-bond donors (Lipinski definition) is 1. The Balaban J connectivity index is 1.49. The van der Waals surface area contributed by atoms with E-state index in [2.05, 4.69) is 4.98 Å². The predicted octanol–water partition coefficient (Wildman–Crippen LogP) is 1.73. The summed E-state index contributed by atoms with van der Waals surface area (Å²) in [5.41, 5.74) is 1.10. The van der Waals surface area contributed by atoms with E-state index in [0.717, 1.165) is 23.9 Å². The number of aromatic nitrogens is 1. The molecule has 1 aromatic heterocycles. The molecule has 2 atom stereocenters. The fourth-order valence-electron chi connectivity index (χ4n) is 4.54. The summed E-state index contributed by atoms with van der Waals surface area (Å²) < 4.78 is 6.06. The normalized spacial score (nSPS) is 29.2. The highest BCUT2D eigenvalue weighted by molar-refractivity contribution is 5.99. The van der Waals surface area contributed by atoms with Crippen molar-refractivity contribution in [3.63, 3.8) is 0 Å². The number of fused-ring (bicyclic) bond motifs is 1. The molecule has 6 nitrogen and oxygen atoms in total. The average molecular weight is 325 g/mol. The van der Waals surface area contributed by atoms with Crippen molar-refractivity contribution >= 4 is 22.7 Å². The Hall–Kier alpha value is -2.34. The van der Waals surface area contributed by atoms with Gasteiger partial charge in [-0.15, -0.1) is 0 Å². The van der Waals surface area contributed by atoms with Crippen LogP contribution in [0.2, 0.25) is 0 Å². The molecule has 3 saturated heterocycles. The number of carbonyl (C=O) groups excluding carboxylic acids is 2. The molecule has 3 aliphatic heterocycles. The minimum atomic E-state index is -0.580. The maximum atomic E-state index is 13.1. The van der Waals surface area contributed by atoms with Crippen molar-refractivity contribution in [1.29, 1.82) is 0 Å². The van der Waals surface area contributed by atoms with Crippen LogP contribution < -0.4 is 0 Å². The van der Waals surface area contributed by atoms with Crippen LogP contribution in [0.25, 0.3) is 10.9 Å². The van der Waals surface area contributed by atoms with Gasteiger partial charge >= 0.3 is 0 Å². The summed E-state index contributed by atoms with van der Waals surface area (Å²) in [5.74, 6) is 0.0992. The van der Waals surface area contributed by atoms with Gasteiger partial charge in [-0.1, -0.05) is 0 Å². The number of nitrogens with zero attached hydrogens (tertiary/aromatic N) is 2. The lowest BCUT2D eigenvalue weighted by molar-refractivity contribution is -0.179. The van der Waals surface area contributed by atoms with E-state index in [4.69, 9.17) is 4.74 Å². The molecule has 24 heavy (non-hydrogen) atoms. The highest BCUT2D eigenvalue weighted by Crippen LogP contribution is 2.45. The molecule has 124 valence electrons. The molecule has 3 aliphatic rings. The second-order valence-electron chi connectivity index (χ2n) is 6.84. The van der Waals surface area contributed by atoms with Gasteiger partial charge in [-0.25, -0.2) is 0 Å². The zero-order chi connectivity index (χ0) is 16.3. The van der Waals surface area contributed by atoms with Gasteiger partial charge < -0.3 is 19.5 Å². The number of hydrogen-bond acceptors (Lipinski definition) is 3. The number of likely N-dealkylation sites (tertiary alicyclic amines) is 1. The summed E-state index contributed by atoms with van der Waals surface area (Å²) in [4.78, 5) is 32.3. The van der Waals surface area contributed by atoms with E-state index >= 15 is 0 Å². The van der Waals surface area contributed by atoms with Gasteiger partial charge in [0.05, 0.1) is 19.1 Å². The van der Waals surface area contributed by atoms with Crippen molar-refractivity contribution in [1.82, 2.24) is 14.8 Å². The molecule has 1 N–H and O–H groups in total. The minimum Gasteiger partial charge on any atom is -0.361 e. The monoisotopic (exact) mass is 325 g/mol. The summed E-state index contributed by atoms with van der Waals surface area (Å²) in [6.45, 7) is 2.04. The molecule has 0 radical (unpaired) electrons. The highest BCUT2D eigenvalue weighted by atomic mass is 16.5. The second-order valence-corrected chi connectivity index (χ2v) is 6.84. The van der Waals surface area contributed by atoms with Crippen LogP contribution >= 0.6 is 0 Å². The van der Waals surface area contributed by atoms with Crippen molar-refractivity contribution in [2.24, 2.45) is 0 Å². The van der Waals surface area contributed by atoms with Crippen LogP contribution in [0.3, 0.4) is 0 Å². The average Bonchev–Trinajstić information content (AvgIpc) is 3.26. The first kappa shape index (κ1) is 14.0. The van der Waals surface area contributed by atoms with Crippen molar-refractivity contribution in [2.45, 2.75) is 31.0 Å². The molecule has 1 spiro atoms. The number of nitrogens with one attached hydrogen (secondary N) is 1. The van der Waals surface area contributed by atoms with E-state index in [-0.39, 0.29) is 17.9 Å². The molecule has 5 rings (SSSR count). The lowest BCUT2D eigenvalue weighted by atomic mass is 10.0. The van der Waals surface area contributed by atoms with Crippen molar-refractivity contribution in [2.75, 3.05) is 19.7 Å². The van der Waals surface area contributed by atoms with Gasteiger partial charge in [0.1, 0.15) is 0 Å². The Morgan fingerprint density at radius 3 is 3.12 bits per heavy atom. The summed E-state index contributed by atoms with van der Waals surface area (Å²) in [6, 6.07) is 7.48. The van der Waals surface area contributed by atoms with Gasteiger partial charge in [-0.05, 0) is 30.7 Å². The smallest absolute Gasteiger partial charge is 0.254 e. The Morgan fingerprint density at radius 1 is 1.29 bits per heavy atom. The standard InChI is InChI=1S/C18H19N3O3/c22-16-11-15-18(21(16)7-1-9-24-18)5-8-20(15)17(23)13-2-3-14-12(10-13)4-6-19-14/h2-4,6,10,15,19H,1,5,7-9,11H2/t15-,18+/m1/s1. The van der Waals surface area contributed by atoms with Crippen LogP contribution in [0.1, 0.15) is 29.6 Å². The highest BCUT2D eigenvalue weighted by Gasteiger charge is 2.61. The summed E-state index contributed by atoms with van der Waals surface area (Å²) >= 11 is 0. The van der Waals surface area contributed by atoms with Crippen molar-refractivity contribution < 1.29 is 14.3 Å². The van der Waals surface area contributed by atoms with Gasteiger partial charge in [0.2, 0.25) is 5.91 Å². The van der Waals surface area contributed by atoms with E-state index in [1.165, 1.54) is 0 Å². The van der Waals surface area contributed by atoms with Gasteiger partial charge in [0.15, 0.2) is 5.72 Å². The molecule has 2 aromatic rings. The van der Waals surface area contributed by atoms with Gasteiger partial charge in [0, 0.05) is 42.2 Å². The molecule has 0 saturated carbocycles. The Bertz CT molecular complexity index is 845. The zero-order valence-corrected chi connectivity index (χ0v) is 13.3. The first-order valence-corrected chi connectivity index (χ1v) is 8.52. The summed E-state index contributed by atoms with van der Waals surface area (Å²) in [7, 11) is 0. The third-order valence-electron chi connectivity index (χ3n) is 5.67. The molecule has 0 bridgehead atoms. The number of ether oxygens (including phenoxy) is 1. The van der Waals surface area contributed by atoms with Gasteiger partial charge in [-0.2, -0.15) is 0 Å². The van der Waals surface area contributed by atoms with Crippen LogP contribution in [0.4, 0.5) is 0 Å². The molecule has 6 heteroatoms. The third kappa shape index (κ3) is 1.74. The molecular formula is C18H19N3O3. The molecular weight excluding hydrogens is 306 g/mol. The molecule has 2 amide bonds. The second kappa shape index (κ2) is 4.83. The fraction of sp³-hybridized carbons (Fsp3) is 0.444. The number of rotatable bonds is 1.